The van der Waals surface area contributed by atoms with Crippen LogP contribution in [0.4, 0.5) is 0 Å². The van der Waals surface area contributed by atoms with Gasteiger partial charge >= 0.3 is 7.69 Å². The maximum Gasteiger partial charge on any atom is 0.503 e. The summed E-state index contributed by atoms with van der Waals surface area (Å²) in [6.07, 6.45) is 1.18. The number of hydrogen-bond donors (Lipinski definition) is 1. The largest absolute Gasteiger partial charge is 0.545 e. The van der Waals surface area contributed by atoms with Gasteiger partial charge in [-0.05, 0) is 6.92 Å². The Balaban J connectivity index is 0.000000217. The van der Waals surface area contributed by atoms with Crippen LogP contribution in [0, 0.1) is 6.92 Å². The average Bonchev–Trinajstić information content (AvgIpc) is 2.08. The van der Waals surface area contributed by atoms with Gasteiger partial charge in [-0.3, -0.25) is 0 Å². The van der Waals surface area contributed by atoms with Crippen LogP contribution < -0.4 is 0 Å². The van der Waals surface area contributed by atoms with E-state index in [1.54, 1.807) is 0 Å². The molecule has 0 amide bonds. The maximum atomic E-state index is 7.77. The first-order valence-electron chi connectivity index (χ1n) is 3.66. The summed E-state index contributed by atoms with van der Waals surface area (Å²) in [6, 6.07) is 10.3. The fourth-order valence-corrected chi connectivity index (χ4v) is 0.587. The Kier molecular flexibility index (Phi) is 7.09. The Morgan fingerprint density at radius 2 is 2.00 bits per heavy atom. The summed E-state index contributed by atoms with van der Waals surface area (Å²) in [6.45, 7) is 5.25. The van der Waals surface area contributed by atoms with Gasteiger partial charge in [0.25, 0.3) is 0 Å². The molecule has 64 valence electrons. The molecule has 2 nitrogen and oxygen atoms in total. The molecule has 0 fully saturated rings. The lowest BCUT2D eigenvalue weighted by molar-refractivity contribution is 0.407. The van der Waals surface area contributed by atoms with E-state index in [0.717, 1.165) is 0 Å². The molecule has 0 radical (unpaired) electrons. The van der Waals surface area contributed by atoms with E-state index in [9.17, 15) is 0 Å². The van der Waals surface area contributed by atoms with Crippen molar-refractivity contribution in [3.8, 4) is 0 Å². The molecule has 1 aromatic carbocycles. The molecular weight excluding hydrogens is 151 g/mol. The van der Waals surface area contributed by atoms with Gasteiger partial charge in [-0.2, -0.15) is 0 Å². The molecule has 0 aliphatic heterocycles. The van der Waals surface area contributed by atoms with E-state index >= 15 is 0 Å². The highest BCUT2D eigenvalue weighted by molar-refractivity contribution is 6.16. The average molecular weight is 164 g/mol. The summed E-state index contributed by atoms with van der Waals surface area (Å²) < 4.78 is 4.15. The number of aryl methyl sites for hydroxylation is 1. The zero-order valence-corrected chi connectivity index (χ0v) is 7.23. The normalized spacial score (nSPS) is 7.50. The van der Waals surface area contributed by atoms with Crippen molar-refractivity contribution in [3.63, 3.8) is 0 Å². The van der Waals surface area contributed by atoms with Crippen LogP contribution in [0.1, 0.15) is 5.56 Å². The van der Waals surface area contributed by atoms with Gasteiger partial charge in [0.2, 0.25) is 0 Å². The first-order valence-corrected chi connectivity index (χ1v) is 3.66. The van der Waals surface area contributed by atoms with E-state index in [1.165, 1.54) is 11.8 Å². The molecule has 0 bridgehead atoms. The van der Waals surface area contributed by atoms with Crippen LogP contribution in [0.15, 0.2) is 43.2 Å². The first-order chi connectivity index (χ1) is 5.81. The van der Waals surface area contributed by atoms with E-state index in [-0.39, 0.29) is 7.69 Å². The van der Waals surface area contributed by atoms with Crippen molar-refractivity contribution in [2.45, 2.75) is 6.92 Å². The SMILES string of the molecule is C=COBO.Cc1ccccc1. The summed E-state index contributed by atoms with van der Waals surface area (Å²) in [4.78, 5) is 0. The molecule has 0 saturated heterocycles. The number of benzene rings is 1. The second-order valence-corrected chi connectivity index (χ2v) is 2.12. The number of hydrogen-bond acceptors (Lipinski definition) is 2. The predicted octanol–water partition coefficient (Wildman–Crippen LogP) is 1.40. The van der Waals surface area contributed by atoms with Gasteiger partial charge in [-0.1, -0.05) is 42.5 Å². The van der Waals surface area contributed by atoms with Gasteiger partial charge in [0.1, 0.15) is 0 Å². The maximum absolute atomic E-state index is 7.77. The standard InChI is InChI=1S/C7H8.C2H5BO2/c1-7-5-3-2-4-6-7;1-2-5-3-4/h2-6H,1H3;2-4H,1H2. The summed E-state index contributed by atoms with van der Waals surface area (Å²) in [7, 11) is -0.274. The monoisotopic (exact) mass is 164 g/mol. The second-order valence-electron chi connectivity index (χ2n) is 2.12. The van der Waals surface area contributed by atoms with Gasteiger partial charge in [-0.15, -0.1) is 0 Å². The van der Waals surface area contributed by atoms with Crippen LogP contribution >= 0.6 is 0 Å². The Bertz CT molecular complexity index is 199. The van der Waals surface area contributed by atoms with Crippen LogP contribution in [-0.2, 0) is 4.65 Å². The van der Waals surface area contributed by atoms with Gasteiger partial charge in [-0.25, -0.2) is 0 Å². The molecule has 1 rings (SSSR count). The molecule has 0 unspecified atom stereocenters. The van der Waals surface area contributed by atoms with Gasteiger partial charge in [0, 0.05) is 0 Å². The van der Waals surface area contributed by atoms with E-state index in [0.29, 0.717) is 0 Å². The molecule has 0 spiro atoms. The van der Waals surface area contributed by atoms with Crippen molar-refractivity contribution in [3.05, 3.63) is 48.7 Å². The highest BCUT2D eigenvalue weighted by Crippen LogP contribution is 1.92. The summed E-state index contributed by atoms with van der Waals surface area (Å²) in [5.41, 5.74) is 1.32. The summed E-state index contributed by atoms with van der Waals surface area (Å²) in [5.74, 6) is 0. The van der Waals surface area contributed by atoms with Crippen molar-refractivity contribution in [1.82, 2.24) is 0 Å². The lowest BCUT2D eigenvalue weighted by atomic mass is 10.2. The lowest BCUT2D eigenvalue weighted by Gasteiger charge is -1.82. The van der Waals surface area contributed by atoms with E-state index in [2.05, 4.69) is 30.3 Å². The van der Waals surface area contributed by atoms with Gasteiger partial charge in [0.15, 0.2) is 0 Å². The summed E-state index contributed by atoms with van der Waals surface area (Å²) in [5, 5.41) is 7.77. The molecule has 12 heavy (non-hydrogen) atoms. The van der Waals surface area contributed by atoms with Crippen molar-refractivity contribution in [1.29, 1.82) is 0 Å². The van der Waals surface area contributed by atoms with Gasteiger partial charge in [0.05, 0.1) is 6.26 Å². The van der Waals surface area contributed by atoms with Crippen molar-refractivity contribution in [2.24, 2.45) is 0 Å². The molecular formula is C9H13BO2. The highest BCUT2D eigenvalue weighted by Gasteiger charge is 1.72. The Hall–Kier alpha value is -1.22. The highest BCUT2D eigenvalue weighted by atomic mass is 16.5. The van der Waals surface area contributed by atoms with E-state index in [4.69, 9.17) is 5.02 Å². The van der Waals surface area contributed by atoms with E-state index in [1.807, 2.05) is 18.2 Å². The summed E-state index contributed by atoms with van der Waals surface area (Å²) >= 11 is 0. The van der Waals surface area contributed by atoms with Crippen LogP contribution in [0.2, 0.25) is 0 Å². The van der Waals surface area contributed by atoms with Crippen LogP contribution in [0.5, 0.6) is 0 Å². The van der Waals surface area contributed by atoms with Crippen molar-refractivity contribution in [2.75, 3.05) is 0 Å². The minimum atomic E-state index is -0.274. The third kappa shape index (κ3) is 6.90. The molecule has 0 aliphatic carbocycles. The van der Waals surface area contributed by atoms with Crippen LogP contribution in [0.3, 0.4) is 0 Å². The third-order valence-electron chi connectivity index (χ3n) is 1.13. The second kappa shape index (κ2) is 7.89. The molecule has 0 atom stereocenters. The molecule has 0 saturated carbocycles. The lowest BCUT2D eigenvalue weighted by Crippen LogP contribution is -1.85. The zero-order valence-electron chi connectivity index (χ0n) is 7.23. The fourth-order valence-electron chi connectivity index (χ4n) is 0.587. The molecule has 1 N–H and O–H groups in total. The molecule has 1 aromatic rings. The van der Waals surface area contributed by atoms with Crippen molar-refractivity contribution >= 4 is 7.69 Å². The van der Waals surface area contributed by atoms with E-state index < -0.39 is 0 Å². The Morgan fingerprint density at radius 3 is 2.17 bits per heavy atom. The molecule has 0 heterocycles. The van der Waals surface area contributed by atoms with Crippen LogP contribution in [-0.4, -0.2) is 12.7 Å². The predicted molar refractivity (Wildman–Crippen MR) is 51.8 cm³/mol. The first kappa shape index (κ1) is 10.8. The molecule has 0 aliphatic rings. The smallest absolute Gasteiger partial charge is 0.503 e. The Labute approximate surface area is 73.8 Å². The van der Waals surface area contributed by atoms with Crippen molar-refractivity contribution < 1.29 is 9.68 Å². The molecule has 0 aromatic heterocycles. The molecule has 3 heteroatoms. The minimum absolute atomic E-state index is 0.274. The van der Waals surface area contributed by atoms with Gasteiger partial charge < -0.3 is 9.68 Å². The zero-order chi connectivity index (χ0) is 9.23. The third-order valence-corrected chi connectivity index (χ3v) is 1.13. The fraction of sp³-hybridized carbons (Fsp3) is 0.111. The Morgan fingerprint density at radius 1 is 1.42 bits per heavy atom. The quantitative estimate of drug-likeness (QED) is 0.528. The minimum Gasteiger partial charge on any atom is -0.545 e. The topological polar surface area (TPSA) is 29.5 Å². The number of rotatable bonds is 2. The van der Waals surface area contributed by atoms with Crippen LogP contribution in [0.25, 0.3) is 0 Å².